The summed E-state index contributed by atoms with van der Waals surface area (Å²) in [5.41, 5.74) is 14.7. The van der Waals surface area contributed by atoms with Gasteiger partial charge in [0.1, 0.15) is 0 Å². The van der Waals surface area contributed by atoms with Gasteiger partial charge >= 0.3 is 0 Å². The third kappa shape index (κ3) is 2.15. The minimum atomic E-state index is 0.197. The molecule has 0 amide bonds. The van der Waals surface area contributed by atoms with Gasteiger partial charge in [0.05, 0.1) is 0 Å². The molecule has 2 N–H and O–H groups in total. The molecule has 0 fully saturated rings. The van der Waals surface area contributed by atoms with E-state index in [1.54, 1.807) is 0 Å². The Morgan fingerprint density at radius 2 is 1.19 bits per heavy atom. The van der Waals surface area contributed by atoms with Crippen LogP contribution >= 0.6 is 0 Å². The maximum Gasteiger partial charge on any atom is 0.0300 e. The van der Waals surface area contributed by atoms with Gasteiger partial charge in [-0.15, -0.1) is 0 Å². The van der Waals surface area contributed by atoms with Crippen molar-refractivity contribution in [2.75, 3.05) is 0 Å². The standard InChI is InChI=1S/C15H25N/c1-7-8-14(16)15-12(5)10(3)9(2)11(4)13(15)6/h14H,7-8,16H2,1-6H3/t14-/m1/s1. The molecule has 1 heteroatoms. The topological polar surface area (TPSA) is 26.0 Å². The second-order valence-corrected chi connectivity index (χ2v) is 4.93. The summed E-state index contributed by atoms with van der Waals surface area (Å²) in [6.07, 6.45) is 2.22. The SMILES string of the molecule is CCC[C@@H](N)c1c(C)c(C)c(C)c(C)c1C. The molecule has 0 radical (unpaired) electrons. The predicted molar refractivity (Wildman–Crippen MR) is 72.0 cm³/mol. The van der Waals surface area contributed by atoms with Crippen molar-refractivity contribution in [3.05, 3.63) is 33.4 Å². The Balaban J connectivity index is 3.39. The van der Waals surface area contributed by atoms with Crippen molar-refractivity contribution in [1.29, 1.82) is 0 Å². The van der Waals surface area contributed by atoms with Gasteiger partial charge in [-0.25, -0.2) is 0 Å². The molecule has 1 nitrogen and oxygen atoms in total. The fourth-order valence-corrected chi connectivity index (χ4v) is 2.54. The van der Waals surface area contributed by atoms with Crippen molar-refractivity contribution in [2.45, 2.75) is 60.4 Å². The lowest BCUT2D eigenvalue weighted by molar-refractivity contribution is 0.630. The monoisotopic (exact) mass is 219 g/mol. The molecule has 1 aromatic carbocycles. The van der Waals surface area contributed by atoms with Crippen molar-refractivity contribution in [2.24, 2.45) is 5.73 Å². The highest BCUT2D eigenvalue weighted by molar-refractivity contribution is 5.50. The molecule has 0 aliphatic heterocycles. The number of nitrogens with two attached hydrogens (primary N) is 1. The van der Waals surface area contributed by atoms with Gasteiger partial charge in [-0.2, -0.15) is 0 Å². The van der Waals surface area contributed by atoms with E-state index in [2.05, 4.69) is 41.5 Å². The molecule has 0 spiro atoms. The number of benzene rings is 1. The van der Waals surface area contributed by atoms with Gasteiger partial charge in [-0.1, -0.05) is 13.3 Å². The maximum atomic E-state index is 6.30. The summed E-state index contributed by atoms with van der Waals surface area (Å²) < 4.78 is 0. The quantitative estimate of drug-likeness (QED) is 0.816. The highest BCUT2D eigenvalue weighted by Gasteiger charge is 2.16. The smallest absolute Gasteiger partial charge is 0.0300 e. The van der Waals surface area contributed by atoms with E-state index >= 15 is 0 Å². The molecule has 1 aromatic rings. The van der Waals surface area contributed by atoms with Gasteiger partial charge in [0.2, 0.25) is 0 Å². The third-order valence-corrected chi connectivity index (χ3v) is 4.03. The third-order valence-electron chi connectivity index (χ3n) is 4.03. The van der Waals surface area contributed by atoms with Crippen molar-refractivity contribution >= 4 is 0 Å². The summed E-state index contributed by atoms with van der Waals surface area (Å²) in [5.74, 6) is 0. The van der Waals surface area contributed by atoms with Gasteiger partial charge in [0, 0.05) is 6.04 Å². The Kier molecular flexibility index (Phi) is 4.15. The van der Waals surface area contributed by atoms with Gasteiger partial charge in [-0.3, -0.25) is 0 Å². The summed E-state index contributed by atoms with van der Waals surface area (Å²) >= 11 is 0. The van der Waals surface area contributed by atoms with Crippen LogP contribution in [0.3, 0.4) is 0 Å². The molecule has 0 unspecified atom stereocenters. The number of rotatable bonds is 3. The van der Waals surface area contributed by atoms with E-state index in [0.717, 1.165) is 12.8 Å². The fourth-order valence-electron chi connectivity index (χ4n) is 2.54. The van der Waals surface area contributed by atoms with E-state index in [1.807, 2.05) is 0 Å². The van der Waals surface area contributed by atoms with E-state index in [4.69, 9.17) is 5.73 Å². The second kappa shape index (κ2) is 5.01. The molecule has 1 atom stereocenters. The molecule has 0 aliphatic carbocycles. The van der Waals surface area contributed by atoms with Crippen molar-refractivity contribution in [3.63, 3.8) is 0 Å². The number of hydrogen-bond donors (Lipinski definition) is 1. The Morgan fingerprint density at radius 3 is 1.56 bits per heavy atom. The minimum Gasteiger partial charge on any atom is -0.324 e. The molecule has 0 saturated carbocycles. The normalized spacial score (nSPS) is 12.9. The van der Waals surface area contributed by atoms with Crippen LogP contribution < -0.4 is 5.73 Å². The van der Waals surface area contributed by atoms with Crippen LogP contribution in [0, 0.1) is 34.6 Å². The summed E-state index contributed by atoms with van der Waals surface area (Å²) in [5, 5.41) is 0. The summed E-state index contributed by atoms with van der Waals surface area (Å²) in [6.45, 7) is 13.2. The lowest BCUT2D eigenvalue weighted by atomic mass is 9.85. The first-order valence-electron chi connectivity index (χ1n) is 6.24. The Hall–Kier alpha value is -0.820. The second-order valence-electron chi connectivity index (χ2n) is 4.93. The van der Waals surface area contributed by atoms with Gasteiger partial charge in [-0.05, 0) is 74.4 Å². The summed E-state index contributed by atoms with van der Waals surface area (Å²) in [4.78, 5) is 0. The van der Waals surface area contributed by atoms with Crippen molar-refractivity contribution < 1.29 is 0 Å². The van der Waals surface area contributed by atoms with E-state index in [9.17, 15) is 0 Å². The lowest BCUT2D eigenvalue weighted by Crippen LogP contribution is -2.15. The van der Waals surface area contributed by atoms with Crippen LogP contribution in [0.5, 0.6) is 0 Å². The Bertz CT molecular complexity index is 362. The van der Waals surface area contributed by atoms with Crippen molar-refractivity contribution in [3.8, 4) is 0 Å². The molecule has 0 aromatic heterocycles. The minimum absolute atomic E-state index is 0.197. The Labute approximate surface area is 100 Å². The molecular weight excluding hydrogens is 194 g/mol. The number of hydrogen-bond acceptors (Lipinski definition) is 1. The highest BCUT2D eigenvalue weighted by Crippen LogP contribution is 2.31. The average molecular weight is 219 g/mol. The Morgan fingerprint density at radius 1 is 0.812 bits per heavy atom. The zero-order valence-electron chi connectivity index (χ0n) is 11.6. The van der Waals surface area contributed by atoms with Crippen LogP contribution in [0.4, 0.5) is 0 Å². The first-order chi connectivity index (χ1) is 7.41. The molecule has 0 aliphatic rings. The maximum absolute atomic E-state index is 6.30. The molecule has 0 saturated heterocycles. The molecule has 0 bridgehead atoms. The first kappa shape index (κ1) is 13.2. The zero-order chi connectivity index (χ0) is 12.5. The lowest BCUT2D eigenvalue weighted by Gasteiger charge is -2.23. The summed E-state index contributed by atoms with van der Waals surface area (Å²) in [7, 11) is 0. The van der Waals surface area contributed by atoms with Crippen LogP contribution in [0.25, 0.3) is 0 Å². The van der Waals surface area contributed by atoms with E-state index < -0.39 is 0 Å². The van der Waals surface area contributed by atoms with E-state index in [0.29, 0.717) is 0 Å². The first-order valence-corrected chi connectivity index (χ1v) is 6.24. The predicted octanol–water partition coefficient (Wildman–Crippen LogP) is 4.03. The van der Waals surface area contributed by atoms with Gasteiger partial charge < -0.3 is 5.73 Å². The van der Waals surface area contributed by atoms with Gasteiger partial charge in [0.15, 0.2) is 0 Å². The van der Waals surface area contributed by atoms with Crippen LogP contribution in [-0.4, -0.2) is 0 Å². The zero-order valence-corrected chi connectivity index (χ0v) is 11.6. The van der Waals surface area contributed by atoms with Crippen LogP contribution in [0.1, 0.15) is 59.2 Å². The highest BCUT2D eigenvalue weighted by atomic mass is 14.6. The molecule has 1 rings (SSSR count). The van der Waals surface area contributed by atoms with E-state index in [1.165, 1.54) is 33.4 Å². The molecule has 0 heterocycles. The van der Waals surface area contributed by atoms with E-state index in [-0.39, 0.29) is 6.04 Å². The molecule has 90 valence electrons. The largest absolute Gasteiger partial charge is 0.324 e. The van der Waals surface area contributed by atoms with Crippen molar-refractivity contribution in [1.82, 2.24) is 0 Å². The van der Waals surface area contributed by atoms with Crippen LogP contribution in [0.15, 0.2) is 0 Å². The average Bonchev–Trinajstić information content (AvgIpc) is 2.24. The van der Waals surface area contributed by atoms with Crippen LogP contribution in [0.2, 0.25) is 0 Å². The molecule has 16 heavy (non-hydrogen) atoms. The summed E-state index contributed by atoms with van der Waals surface area (Å²) in [6, 6.07) is 0.197. The molecular formula is C15H25N. The van der Waals surface area contributed by atoms with Gasteiger partial charge in [0.25, 0.3) is 0 Å². The fraction of sp³-hybridized carbons (Fsp3) is 0.600. The van der Waals surface area contributed by atoms with Crippen LogP contribution in [-0.2, 0) is 0 Å².